The van der Waals surface area contributed by atoms with Gasteiger partial charge in [0.25, 0.3) is 0 Å². The number of nitrogens with zero attached hydrogens (tertiary/aromatic N) is 3. The molecule has 0 unspecified atom stereocenters. The highest BCUT2D eigenvalue weighted by Crippen LogP contribution is 2.40. The van der Waals surface area contributed by atoms with E-state index < -0.39 is 12.6 Å². The molecule has 128 valence electrons. The Morgan fingerprint density at radius 1 is 1.22 bits per heavy atom. The Morgan fingerprint density at radius 3 is 2.83 bits per heavy atom. The van der Waals surface area contributed by atoms with Crippen molar-refractivity contribution in [3.63, 3.8) is 0 Å². The van der Waals surface area contributed by atoms with E-state index in [4.69, 9.17) is 0 Å². The third kappa shape index (κ3) is 4.56. The highest BCUT2D eigenvalue weighted by Gasteiger charge is 2.40. The fourth-order valence-corrected chi connectivity index (χ4v) is 4.03. The van der Waals surface area contributed by atoms with Gasteiger partial charge in [-0.1, -0.05) is 6.42 Å². The number of alkyl halides is 3. The Morgan fingerprint density at radius 2 is 2.09 bits per heavy atom. The normalized spacial score (nSPS) is 28.6. The van der Waals surface area contributed by atoms with Gasteiger partial charge in [-0.3, -0.25) is 4.98 Å². The second-order valence-electron chi connectivity index (χ2n) is 6.71. The third-order valence-corrected chi connectivity index (χ3v) is 5.14. The first-order chi connectivity index (χ1) is 11.0. The van der Waals surface area contributed by atoms with Crippen molar-refractivity contribution in [2.75, 3.05) is 31.5 Å². The van der Waals surface area contributed by atoms with E-state index in [1.165, 1.54) is 6.42 Å². The number of fused-ring (bicyclic) bond motifs is 1. The predicted molar refractivity (Wildman–Crippen MR) is 82.0 cm³/mol. The van der Waals surface area contributed by atoms with Gasteiger partial charge in [0.1, 0.15) is 5.82 Å². The van der Waals surface area contributed by atoms with E-state index in [-0.39, 0.29) is 6.54 Å². The summed E-state index contributed by atoms with van der Waals surface area (Å²) >= 11 is 0. The molecule has 1 aliphatic carbocycles. The van der Waals surface area contributed by atoms with Crippen LogP contribution in [0.1, 0.15) is 25.7 Å². The van der Waals surface area contributed by atoms with Gasteiger partial charge in [-0.2, -0.15) is 13.2 Å². The summed E-state index contributed by atoms with van der Waals surface area (Å²) in [6.07, 6.45) is 3.69. The molecule has 2 heterocycles. The number of aromatic nitrogens is 2. The fraction of sp³-hybridized carbons (Fsp3) is 0.750. The highest BCUT2D eigenvalue weighted by atomic mass is 19.4. The van der Waals surface area contributed by atoms with Gasteiger partial charge in [-0.15, -0.1) is 0 Å². The molecule has 0 spiro atoms. The van der Waals surface area contributed by atoms with Crippen molar-refractivity contribution in [1.82, 2.24) is 14.9 Å². The first-order valence-corrected chi connectivity index (χ1v) is 8.30. The fourth-order valence-electron chi connectivity index (χ4n) is 4.03. The van der Waals surface area contributed by atoms with Crippen LogP contribution in [0.5, 0.6) is 0 Å². The average molecular weight is 328 g/mol. The molecule has 3 rings (SSSR count). The third-order valence-electron chi connectivity index (χ3n) is 5.14. The van der Waals surface area contributed by atoms with Gasteiger partial charge in [-0.05, 0) is 30.6 Å². The number of hydrogen-bond donors (Lipinski definition) is 1. The molecule has 3 atom stereocenters. The first kappa shape index (κ1) is 16.5. The summed E-state index contributed by atoms with van der Waals surface area (Å²) in [5, 5.41) is 3.33. The zero-order chi connectivity index (χ0) is 16.3. The molecule has 2 aliphatic rings. The predicted octanol–water partition coefficient (Wildman–Crippen LogP) is 3.19. The lowest BCUT2D eigenvalue weighted by atomic mass is 9.74. The van der Waals surface area contributed by atoms with Crippen molar-refractivity contribution >= 4 is 5.82 Å². The molecule has 0 radical (unpaired) electrons. The van der Waals surface area contributed by atoms with Crippen LogP contribution in [0.2, 0.25) is 0 Å². The van der Waals surface area contributed by atoms with Crippen LogP contribution in [-0.2, 0) is 0 Å². The molecule has 2 fully saturated rings. The molecule has 1 aromatic heterocycles. The Labute approximate surface area is 134 Å². The van der Waals surface area contributed by atoms with Gasteiger partial charge < -0.3 is 10.2 Å². The van der Waals surface area contributed by atoms with E-state index in [0.717, 1.165) is 38.3 Å². The van der Waals surface area contributed by atoms with E-state index in [9.17, 15) is 13.2 Å². The van der Waals surface area contributed by atoms with Crippen molar-refractivity contribution in [3.8, 4) is 0 Å². The average Bonchev–Trinajstić information content (AvgIpc) is 2.95. The number of halogens is 3. The number of likely N-dealkylation sites (tertiary alicyclic amines) is 1. The molecule has 4 nitrogen and oxygen atoms in total. The van der Waals surface area contributed by atoms with Crippen LogP contribution in [0.25, 0.3) is 0 Å². The minimum Gasteiger partial charge on any atom is -0.369 e. The number of rotatable bonds is 5. The maximum absolute atomic E-state index is 12.4. The van der Waals surface area contributed by atoms with Crippen LogP contribution in [0.3, 0.4) is 0 Å². The molecule has 0 bridgehead atoms. The number of anilines is 1. The molecule has 1 aromatic rings. The SMILES string of the molecule is FC(F)(F)CCN1C[C@@H]2CCC[C@H](CNc3cnccn3)[C@@H]2C1. The topological polar surface area (TPSA) is 41.0 Å². The lowest BCUT2D eigenvalue weighted by molar-refractivity contribution is -0.137. The van der Waals surface area contributed by atoms with Gasteiger partial charge in [0.15, 0.2) is 0 Å². The molecule has 0 aromatic carbocycles. The van der Waals surface area contributed by atoms with Crippen LogP contribution in [0.15, 0.2) is 18.6 Å². The minimum atomic E-state index is -4.05. The number of nitrogens with one attached hydrogen (secondary N) is 1. The van der Waals surface area contributed by atoms with E-state index in [1.807, 2.05) is 4.90 Å². The van der Waals surface area contributed by atoms with Gasteiger partial charge in [0, 0.05) is 38.6 Å². The van der Waals surface area contributed by atoms with Gasteiger partial charge in [-0.25, -0.2) is 4.98 Å². The van der Waals surface area contributed by atoms with Crippen LogP contribution < -0.4 is 5.32 Å². The second-order valence-corrected chi connectivity index (χ2v) is 6.71. The molecule has 1 saturated heterocycles. The van der Waals surface area contributed by atoms with E-state index in [0.29, 0.717) is 17.8 Å². The van der Waals surface area contributed by atoms with Crippen LogP contribution in [0.4, 0.5) is 19.0 Å². The molecule has 7 heteroatoms. The summed E-state index contributed by atoms with van der Waals surface area (Å²) in [6, 6.07) is 0. The lowest BCUT2D eigenvalue weighted by Crippen LogP contribution is -2.32. The minimum absolute atomic E-state index is 0.140. The van der Waals surface area contributed by atoms with Gasteiger partial charge in [0.2, 0.25) is 0 Å². The molecule has 0 amide bonds. The lowest BCUT2D eigenvalue weighted by Gasteiger charge is -2.33. The van der Waals surface area contributed by atoms with E-state index in [1.54, 1.807) is 18.6 Å². The Kier molecular flexibility index (Phi) is 5.04. The summed E-state index contributed by atoms with van der Waals surface area (Å²) < 4.78 is 37.2. The Balaban J connectivity index is 1.52. The molecule has 1 N–H and O–H groups in total. The Hall–Kier alpha value is -1.37. The van der Waals surface area contributed by atoms with Gasteiger partial charge in [0.05, 0.1) is 12.6 Å². The maximum Gasteiger partial charge on any atom is 0.390 e. The highest BCUT2D eigenvalue weighted by molar-refractivity contribution is 5.29. The van der Waals surface area contributed by atoms with Crippen molar-refractivity contribution in [1.29, 1.82) is 0 Å². The van der Waals surface area contributed by atoms with Crippen molar-refractivity contribution in [2.45, 2.75) is 31.9 Å². The van der Waals surface area contributed by atoms with E-state index in [2.05, 4.69) is 15.3 Å². The van der Waals surface area contributed by atoms with Crippen LogP contribution in [-0.4, -0.2) is 47.2 Å². The monoisotopic (exact) mass is 328 g/mol. The summed E-state index contributed by atoms with van der Waals surface area (Å²) in [5.74, 6) is 2.32. The zero-order valence-corrected chi connectivity index (χ0v) is 13.1. The molecular formula is C16H23F3N4. The van der Waals surface area contributed by atoms with Crippen LogP contribution >= 0.6 is 0 Å². The first-order valence-electron chi connectivity index (χ1n) is 8.30. The van der Waals surface area contributed by atoms with Gasteiger partial charge >= 0.3 is 6.18 Å². The zero-order valence-electron chi connectivity index (χ0n) is 13.1. The number of hydrogen-bond acceptors (Lipinski definition) is 4. The summed E-state index contributed by atoms with van der Waals surface area (Å²) in [4.78, 5) is 10.2. The Bertz CT molecular complexity index is 494. The molecule has 23 heavy (non-hydrogen) atoms. The molecule has 1 saturated carbocycles. The quantitative estimate of drug-likeness (QED) is 0.901. The smallest absolute Gasteiger partial charge is 0.369 e. The molecule has 1 aliphatic heterocycles. The van der Waals surface area contributed by atoms with Crippen molar-refractivity contribution in [2.24, 2.45) is 17.8 Å². The van der Waals surface area contributed by atoms with Crippen LogP contribution in [0, 0.1) is 17.8 Å². The standard InChI is InChI=1S/C16H23F3N4/c17-16(18,19)4-7-23-10-13-3-1-2-12(14(13)11-23)8-22-15-9-20-5-6-21-15/h5-6,9,12-14H,1-4,7-8,10-11H2,(H,21,22)/t12-,13+,14+/m1/s1. The van der Waals surface area contributed by atoms with Crippen molar-refractivity contribution < 1.29 is 13.2 Å². The van der Waals surface area contributed by atoms with E-state index >= 15 is 0 Å². The molecular weight excluding hydrogens is 305 g/mol. The maximum atomic E-state index is 12.4. The van der Waals surface area contributed by atoms with Crippen molar-refractivity contribution in [3.05, 3.63) is 18.6 Å². The summed E-state index contributed by atoms with van der Waals surface area (Å²) in [6.45, 7) is 2.59. The summed E-state index contributed by atoms with van der Waals surface area (Å²) in [5.41, 5.74) is 0. The second kappa shape index (κ2) is 7.03. The summed E-state index contributed by atoms with van der Waals surface area (Å²) in [7, 11) is 0. The largest absolute Gasteiger partial charge is 0.390 e.